The van der Waals surface area contributed by atoms with Gasteiger partial charge >= 0.3 is 0 Å². The van der Waals surface area contributed by atoms with E-state index in [-0.39, 0.29) is 12.5 Å². The van der Waals surface area contributed by atoms with Crippen LogP contribution < -0.4 is 5.32 Å². The summed E-state index contributed by atoms with van der Waals surface area (Å²) in [6.07, 6.45) is 1.51. The van der Waals surface area contributed by atoms with E-state index in [1.54, 1.807) is 29.8 Å². The lowest BCUT2D eigenvalue weighted by Gasteiger charge is -2.25. The summed E-state index contributed by atoms with van der Waals surface area (Å²) < 4.78 is 6.36. The van der Waals surface area contributed by atoms with Crippen molar-refractivity contribution in [2.45, 2.75) is 5.60 Å². The number of rotatable bonds is 5. The number of nitrogens with zero attached hydrogens (tertiary/aromatic N) is 1. The normalized spacial score (nSPS) is 13.6. The lowest BCUT2D eigenvalue weighted by molar-refractivity contribution is 0.0529. The minimum absolute atomic E-state index is 0.0107. The first-order valence-corrected chi connectivity index (χ1v) is 9.39. The number of furan rings is 1. The minimum Gasteiger partial charge on any atom is -0.466 e. The zero-order chi connectivity index (χ0) is 17.3. The Labute approximate surface area is 151 Å². The number of hydrogen-bond acceptors (Lipinski definition) is 6. The van der Waals surface area contributed by atoms with Crippen molar-refractivity contribution < 1.29 is 14.3 Å². The van der Waals surface area contributed by atoms with Crippen LogP contribution in [0, 0.1) is 0 Å². The number of hydrogen-bond donors (Lipinski definition) is 2. The molecule has 3 heterocycles. The van der Waals surface area contributed by atoms with Gasteiger partial charge in [0.1, 0.15) is 5.76 Å². The Morgan fingerprint density at radius 3 is 3.00 bits per heavy atom. The molecule has 0 unspecified atom stereocenters. The van der Waals surface area contributed by atoms with Crippen molar-refractivity contribution in [3.05, 3.63) is 75.8 Å². The molecular weight excluding hydrogens is 356 g/mol. The molecule has 1 atom stereocenters. The first kappa shape index (κ1) is 16.0. The van der Waals surface area contributed by atoms with E-state index in [1.165, 1.54) is 28.9 Å². The van der Waals surface area contributed by atoms with E-state index in [0.717, 1.165) is 10.2 Å². The van der Waals surface area contributed by atoms with Gasteiger partial charge in [0.25, 0.3) is 5.91 Å². The summed E-state index contributed by atoms with van der Waals surface area (Å²) in [6.45, 7) is 0.0107. The number of aromatic nitrogens is 1. The quantitative estimate of drug-likeness (QED) is 0.563. The third kappa shape index (κ3) is 2.97. The highest BCUT2D eigenvalue weighted by molar-refractivity contribution is 7.16. The molecule has 0 saturated carbocycles. The first-order valence-electron chi connectivity index (χ1n) is 7.57. The molecule has 0 bridgehead atoms. The maximum absolute atomic E-state index is 12.5. The third-order valence-electron chi connectivity index (χ3n) is 4.03. The number of benzene rings is 1. The molecule has 126 valence electrons. The van der Waals surface area contributed by atoms with Crippen LogP contribution in [0.2, 0.25) is 0 Å². The van der Waals surface area contributed by atoms with Crippen LogP contribution in [0.15, 0.2) is 63.3 Å². The summed E-state index contributed by atoms with van der Waals surface area (Å²) in [7, 11) is 0. The van der Waals surface area contributed by atoms with Gasteiger partial charge in [-0.2, -0.15) is 11.3 Å². The molecule has 1 aromatic carbocycles. The molecule has 0 aliphatic carbocycles. The molecule has 0 fully saturated rings. The highest BCUT2D eigenvalue weighted by Crippen LogP contribution is 2.31. The molecule has 0 spiro atoms. The van der Waals surface area contributed by atoms with Gasteiger partial charge in [-0.25, -0.2) is 4.98 Å². The Balaban J connectivity index is 1.58. The van der Waals surface area contributed by atoms with Crippen molar-refractivity contribution in [2.75, 3.05) is 6.54 Å². The van der Waals surface area contributed by atoms with E-state index >= 15 is 0 Å². The fourth-order valence-corrected chi connectivity index (χ4v) is 4.09. The van der Waals surface area contributed by atoms with Gasteiger partial charge in [-0.15, -0.1) is 11.3 Å². The molecule has 1 amide bonds. The van der Waals surface area contributed by atoms with Crippen molar-refractivity contribution in [1.82, 2.24) is 10.3 Å². The van der Waals surface area contributed by atoms with Crippen LogP contribution in [-0.2, 0) is 5.60 Å². The van der Waals surface area contributed by atoms with E-state index in [4.69, 9.17) is 4.42 Å². The number of aliphatic hydroxyl groups is 1. The number of thiazole rings is 1. The average molecular weight is 370 g/mol. The zero-order valence-corrected chi connectivity index (χ0v) is 14.6. The van der Waals surface area contributed by atoms with Crippen LogP contribution in [0.5, 0.6) is 0 Å². The second-order valence-electron chi connectivity index (χ2n) is 5.57. The van der Waals surface area contributed by atoms with E-state index in [1.807, 2.05) is 22.9 Å². The van der Waals surface area contributed by atoms with Crippen LogP contribution in [0.25, 0.3) is 10.2 Å². The first-order chi connectivity index (χ1) is 12.2. The predicted molar refractivity (Wildman–Crippen MR) is 98.0 cm³/mol. The lowest BCUT2D eigenvalue weighted by atomic mass is 9.93. The minimum atomic E-state index is -1.41. The maximum atomic E-state index is 12.5. The molecule has 7 heteroatoms. The van der Waals surface area contributed by atoms with Gasteiger partial charge in [0.05, 0.1) is 28.5 Å². The maximum Gasteiger partial charge on any atom is 0.251 e. The molecule has 4 rings (SSSR count). The average Bonchev–Trinajstić information content (AvgIpc) is 3.40. The van der Waals surface area contributed by atoms with Crippen molar-refractivity contribution in [1.29, 1.82) is 0 Å². The Bertz CT molecular complexity index is 956. The number of amides is 1. The summed E-state index contributed by atoms with van der Waals surface area (Å²) >= 11 is 2.96. The van der Waals surface area contributed by atoms with E-state index in [0.29, 0.717) is 16.9 Å². The number of nitrogens with one attached hydrogen (secondary N) is 1. The zero-order valence-electron chi connectivity index (χ0n) is 13.0. The van der Waals surface area contributed by atoms with Gasteiger partial charge < -0.3 is 14.8 Å². The van der Waals surface area contributed by atoms with E-state index in [9.17, 15) is 9.90 Å². The Morgan fingerprint density at radius 1 is 1.32 bits per heavy atom. The summed E-state index contributed by atoms with van der Waals surface area (Å²) in [6, 6.07) is 10.6. The smallest absolute Gasteiger partial charge is 0.251 e. The van der Waals surface area contributed by atoms with Crippen LogP contribution in [0.3, 0.4) is 0 Å². The van der Waals surface area contributed by atoms with E-state index < -0.39 is 5.60 Å². The Hall–Kier alpha value is -2.48. The summed E-state index contributed by atoms with van der Waals surface area (Å²) in [5.41, 5.74) is 2.42. The van der Waals surface area contributed by atoms with Gasteiger partial charge in [-0.05, 0) is 47.2 Å². The second kappa shape index (κ2) is 6.44. The molecule has 3 aromatic heterocycles. The van der Waals surface area contributed by atoms with Crippen LogP contribution >= 0.6 is 22.7 Å². The Morgan fingerprint density at radius 2 is 2.24 bits per heavy atom. The van der Waals surface area contributed by atoms with Gasteiger partial charge in [0.15, 0.2) is 5.60 Å². The summed E-state index contributed by atoms with van der Waals surface area (Å²) in [5.74, 6) is 0.139. The number of thiophene rings is 1. The van der Waals surface area contributed by atoms with Gasteiger partial charge in [0, 0.05) is 11.1 Å². The van der Waals surface area contributed by atoms with Crippen molar-refractivity contribution >= 4 is 38.8 Å². The Kier molecular flexibility index (Phi) is 4.12. The summed E-state index contributed by atoms with van der Waals surface area (Å²) in [4.78, 5) is 16.7. The molecule has 0 radical (unpaired) electrons. The molecule has 0 aliphatic heterocycles. The largest absolute Gasteiger partial charge is 0.466 e. The topological polar surface area (TPSA) is 75.4 Å². The van der Waals surface area contributed by atoms with Gasteiger partial charge in [-0.3, -0.25) is 4.79 Å². The molecule has 5 nitrogen and oxygen atoms in total. The SMILES string of the molecule is O=C(NC[C@@](O)(c1ccsc1)c1ccco1)c1ccc2ncsc2c1. The van der Waals surface area contributed by atoms with Gasteiger partial charge in [-0.1, -0.05) is 0 Å². The van der Waals surface area contributed by atoms with E-state index in [2.05, 4.69) is 10.3 Å². The second-order valence-corrected chi connectivity index (χ2v) is 7.23. The molecule has 0 aliphatic rings. The van der Waals surface area contributed by atoms with Crippen LogP contribution in [0.1, 0.15) is 21.7 Å². The fraction of sp³-hybridized carbons (Fsp3) is 0.111. The number of carbonyl (C=O) groups excluding carboxylic acids is 1. The third-order valence-corrected chi connectivity index (χ3v) is 5.50. The molecule has 0 saturated heterocycles. The lowest BCUT2D eigenvalue weighted by Crippen LogP contribution is -2.41. The van der Waals surface area contributed by atoms with Crippen molar-refractivity contribution in [3.63, 3.8) is 0 Å². The molecule has 25 heavy (non-hydrogen) atoms. The fourth-order valence-electron chi connectivity index (χ4n) is 2.65. The number of fused-ring (bicyclic) bond motifs is 1. The van der Waals surface area contributed by atoms with Crippen LogP contribution in [0.4, 0.5) is 0 Å². The number of carbonyl (C=O) groups is 1. The monoisotopic (exact) mass is 370 g/mol. The van der Waals surface area contributed by atoms with Crippen molar-refractivity contribution in [2.24, 2.45) is 0 Å². The standard InChI is InChI=1S/C18H14N2O3S2/c21-17(12-3-4-14-15(8-12)25-11-20-14)19-10-18(22,13-5-7-24-9-13)16-2-1-6-23-16/h1-9,11,22H,10H2,(H,19,21)/t18-/m1/s1. The molecule has 2 N–H and O–H groups in total. The molecular formula is C18H14N2O3S2. The van der Waals surface area contributed by atoms with Crippen molar-refractivity contribution in [3.8, 4) is 0 Å². The highest BCUT2D eigenvalue weighted by Gasteiger charge is 2.35. The molecule has 4 aromatic rings. The highest BCUT2D eigenvalue weighted by atomic mass is 32.1. The van der Waals surface area contributed by atoms with Gasteiger partial charge in [0.2, 0.25) is 0 Å². The summed E-state index contributed by atoms with van der Waals surface area (Å²) in [5, 5.41) is 17.7. The van der Waals surface area contributed by atoms with Crippen LogP contribution in [-0.4, -0.2) is 22.5 Å². The predicted octanol–water partition coefficient (Wildman–Crippen LogP) is 3.62.